The summed E-state index contributed by atoms with van der Waals surface area (Å²) in [5.74, 6) is -11.9. The highest BCUT2D eigenvalue weighted by Crippen LogP contribution is 2.40. The van der Waals surface area contributed by atoms with Crippen LogP contribution in [0.3, 0.4) is 0 Å². The lowest BCUT2D eigenvalue weighted by molar-refractivity contribution is -0.276. The van der Waals surface area contributed by atoms with E-state index in [-0.39, 0.29) is 17.7 Å². The first kappa shape index (κ1) is 36.0. The largest absolute Gasteiger partial charge is 0.573 e. The molecule has 0 saturated carbocycles. The Morgan fingerprint density at radius 1 is 0.653 bits per heavy atom. The highest BCUT2D eigenvalue weighted by Gasteiger charge is 2.42. The number of unbranched alkanes of at least 4 members (excludes halogenated alkanes) is 2. The third-order valence-electron chi connectivity index (χ3n) is 7.75. The predicted octanol–water partition coefficient (Wildman–Crippen LogP) is 11.0. The van der Waals surface area contributed by atoms with E-state index in [1.165, 1.54) is 12.1 Å². The van der Waals surface area contributed by atoms with E-state index in [0.717, 1.165) is 37.3 Å². The van der Waals surface area contributed by atoms with E-state index in [2.05, 4.69) is 16.4 Å². The Morgan fingerprint density at radius 2 is 1.22 bits per heavy atom. The Balaban J connectivity index is 1.29. The fourth-order valence-electron chi connectivity index (χ4n) is 5.36. The molecule has 0 bridgehead atoms. The summed E-state index contributed by atoms with van der Waals surface area (Å²) in [6.45, 7) is 3.29. The first-order valence-corrected chi connectivity index (χ1v) is 15.1. The second kappa shape index (κ2) is 14.7. The first-order chi connectivity index (χ1) is 23.1. The van der Waals surface area contributed by atoms with Gasteiger partial charge in [0.2, 0.25) is 5.75 Å². The van der Waals surface area contributed by atoms with E-state index in [0.29, 0.717) is 42.4 Å². The van der Waals surface area contributed by atoms with Crippen LogP contribution in [0.5, 0.6) is 11.5 Å². The molecule has 0 N–H and O–H groups in total. The maximum absolute atomic E-state index is 15.2. The molecule has 1 saturated heterocycles. The number of benzene rings is 4. The van der Waals surface area contributed by atoms with Crippen LogP contribution >= 0.6 is 0 Å². The minimum atomic E-state index is -5.51. The van der Waals surface area contributed by atoms with Gasteiger partial charge in [-0.15, -0.1) is 13.2 Å². The van der Waals surface area contributed by atoms with Crippen molar-refractivity contribution in [2.75, 3.05) is 13.2 Å². The standard InChI is InChI=1S/C35H28F10O4/c1-2-3-4-5-19-17-46-33(47-18-19)21-8-6-20(7-9-21)22-10-11-25(26(36)12-22)23-13-27(37)31(28(38)14-23)34(41,42)48-24-15-29(39)32(30(40)16-24)49-35(43,44)45/h6-16,19,33H,2-5,17-18H2,1H3. The van der Waals surface area contributed by atoms with Crippen LogP contribution in [0, 0.1) is 35.0 Å². The van der Waals surface area contributed by atoms with Crippen molar-refractivity contribution in [3.05, 3.63) is 107 Å². The van der Waals surface area contributed by atoms with Crippen LogP contribution in [0.4, 0.5) is 43.9 Å². The summed E-state index contributed by atoms with van der Waals surface area (Å²) in [5.41, 5.74) is -1.03. The van der Waals surface area contributed by atoms with Crippen molar-refractivity contribution in [1.29, 1.82) is 0 Å². The summed E-state index contributed by atoms with van der Waals surface area (Å²) >= 11 is 0. The summed E-state index contributed by atoms with van der Waals surface area (Å²) < 4.78 is 159. The Labute approximate surface area is 274 Å². The smallest absolute Gasteiger partial charge is 0.429 e. The third-order valence-corrected chi connectivity index (χ3v) is 7.75. The molecule has 0 radical (unpaired) electrons. The van der Waals surface area contributed by atoms with Gasteiger partial charge in [0.05, 0.1) is 13.2 Å². The molecule has 5 rings (SSSR count). The first-order valence-electron chi connectivity index (χ1n) is 15.1. The lowest BCUT2D eigenvalue weighted by atomic mass is 9.97. The van der Waals surface area contributed by atoms with Gasteiger partial charge in [-0.1, -0.05) is 62.6 Å². The molecule has 0 unspecified atom stereocenters. The SMILES string of the molecule is CCCCCC1COC(c2ccc(-c3ccc(-c4cc(F)c(C(F)(F)Oc5cc(F)c(OC(F)(F)F)c(F)c5)c(F)c4)c(F)c3)cc2)OC1. The Morgan fingerprint density at radius 3 is 1.78 bits per heavy atom. The molecule has 4 aromatic carbocycles. The maximum Gasteiger partial charge on any atom is 0.573 e. The van der Waals surface area contributed by atoms with Gasteiger partial charge in [0.15, 0.2) is 17.9 Å². The van der Waals surface area contributed by atoms with Gasteiger partial charge < -0.3 is 18.9 Å². The zero-order chi connectivity index (χ0) is 35.5. The Hall–Kier alpha value is -4.30. The molecule has 0 aliphatic carbocycles. The van der Waals surface area contributed by atoms with Gasteiger partial charge in [-0.25, -0.2) is 22.0 Å². The zero-order valence-corrected chi connectivity index (χ0v) is 25.7. The molecule has 49 heavy (non-hydrogen) atoms. The second-order valence-electron chi connectivity index (χ2n) is 11.4. The van der Waals surface area contributed by atoms with Gasteiger partial charge in [-0.2, -0.15) is 8.78 Å². The average Bonchev–Trinajstić information content (AvgIpc) is 3.02. The third kappa shape index (κ3) is 8.66. The predicted molar refractivity (Wildman–Crippen MR) is 157 cm³/mol. The fourth-order valence-corrected chi connectivity index (χ4v) is 5.36. The molecular weight excluding hydrogens is 674 g/mol. The lowest BCUT2D eigenvalue weighted by Gasteiger charge is -2.29. The van der Waals surface area contributed by atoms with Gasteiger partial charge in [0.1, 0.15) is 28.8 Å². The van der Waals surface area contributed by atoms with Gasteiger partial charge in [-0.05, 0) is 41.3 Å². The molecule has 1 heterocycles. The minimum absolute atomic E-state index is 0.0886. The fraction of sp³-hybridized carbons (Fsp3) is 0.314. The van der Waals surface area contributed by atoms with Crippen molar-refractivity contribution in [3.63, 3.8) is 0 Å². The maximum atomic E-state index is 15.2. The van der Waals surface area contributed by atoms with E-state index < -0.39 is 70.5 Å². The Bertz CT molecular complexity index is 1720. The quantitative estimate of drug-likeness (QED) is 0.115. The normalized spacial score (nSPS) is 16.9. The van der Waals surface area contributed by atoms with Crippen molar-refractivity contribution in [1.82, 2.24) is 0 Å². The van der Waals surface area contributed by atoms with Gasteiger partial charge >= 0.3 is 12.5 Å². The molecule has 14 heteroatoms. The number of ether oxygens (including phenoxy) is 4. The van der Waals surface area contributed by atoms with E-state index in [9.17, 15) is 39.5 Å². The minimum Gasteiger partial charge on any atom is -0.429 e. The lowest BCUT2D eigenvalue weighted by Crippen LogP contribution is -2.27. The topological polar surface area (TPSA) is 36.9 Å². The molecular formula is C35H28F10O4. The number of rotatable bonds is 11. The van der Waals surface area contributed by atoms with E-state index in [1.54, 1.807) is 24.3 Å². The van der Waals surface area contributed by atoms with Crippen molar-refractivity contribution in [2.45, 2.75) is 51.4 Å². The van der Waals surface area contributed by atoms with Gasteiger partial charge in [0.25, 0.3) is 0 Å². The molecule has 4 nitrogen and oxygen atoms in total. The summed E-state index contributed by atoms with van der Waals surface area (Å²) in [7, 11) is 0. The molecule has 0 spiro atoms. The molecule has 0 amide bonds. The number of halogens is 10. The molecule has 1 fully saturated rings. The molecule has 262 valence electrons. The van der Waals surface area contributed by atoms with Crippen LogP contribution in [0.2, 0.25) is 0 Å². The average molecular weight is 703 g/mol. The molecule has 0 atom stereocenters. The zero-order valence-electron chi connectivity index (χ0n) is 25.7. The molecule has 4 aromatic rings. The highest BCUT2D eigenvalue weighted by atomic mass is 19.4. The van der Waals surface area contributed by atoms with Crippen LogP contribution in [0.1, 0.15) is 50.0 Å². The number of hydrogen-bond acceptors (Lipinski definition) is 4. The highest BCUT2D eigenvalue weighted by molar-refractivity contribution is 5.71. The van der Waals surface area contributed by atoms with Crippen LogP contribution in [0.25, 0.3) is 22.3 Å². The molecule has 1 aliphatic heterocycles. The summed E-state index contributed by atoms with van der Waals surface area (Å²) in [5, 5.41) is 0. The van der Waals surface area contributed by atoms with Crippen molar-refractivity contribution >= 4 is 0 Å². The van der Waals surface area contributed by atoms with Gasteiger partial charge in [0, 0.05) is 29.2 Å². The van der Waals surface area contributed by atoms with Crippen molar-refractivity contribution in [3.8, 4) is 33.8 Å². The number of alkyl halides is 5. The second-order valence-corrected chi connectivity index (χ2v) is 11.4. The summed E-state index contributed by atoms with van der Waals surface area (Å²) in [4.78, 5) is 0. The van der Waals surface area contributed by atoms with Crippen molar-refractivity contribution < 1.29 is 62.9 Å². The van der Waals surface area contributed by atoms with Crippen LogP contribution in [-0.2, 0) is 15.6 Å². The van der Waals surface area contributed by atoms with Crippen molar-refractivity contribution in [2.24, 2.45) is 5.92 Å². The van der Waals surface area contributed by atoms with E-state index in [4.69, 9.17) is 9.47 Å². The molecule has 1 aliphatic rings. The van der Waals surface area contributed by atoms with Gasteiger partial charge in [-0.3, -0.25) is 0 Å². The summed E-state index contributed by atoms with van der Waals surface area (Å²) in [6, 6.07) is 11.3. The number of hydrogen-bond donors (Lipinski definition) is 0. The Kier molecular flexibility index (Phi) is 10.8. The summed E-state index contributed by atoms with van der Waals surface area (Å²) in [6.07, 6.45) is -6.54. The van der Waals surface area contributed by atoms with Crippen LogP contribution in [0.15, 0.2) is 66.7 Å². The van der Waals surface area contributed by atoms with E-state index in [1.807, 2.05) is 0 Å². The van der Waals surface area contributed by atoms with Crippen LogP contribution in [-0.4, -0.2) is 19.6 Å². The molecule has 0 aromatic heterocycles. The van der Waals surface area contributed by atoms with E-state index >= 15 is 4.39 Å². The van der Waals surface area contributed by atoms with Crippen LogP contribution < -0.4 is 9.47 Å². The monoisotopic (exact) mass is 702 g/mol.